The topological polar surface area (TPSA) is 21.3 Å². The molecule has 2 unspecified atom stereocenters. The van der Waals surface area contributed by atoms with Crippen LogP contribution in [0.1, 0.15) is 46.0 Å². The van der Waals surface area contributed by atoms with Crippen molar-refractivity contribution in [2.45, 2.75) is 58.1 Å². The van der Waals surface area contributed by atoms with Crippen LogP contribution in [0.3, 0.4) is 0 Å². The Morgan fingerprint density at radius 2 is 2.20 bits per heavy atom. The van der Waals surface area contributed by atoms with Gasteiger partial charge in [0.1, 0.15) is 0 Å². The summed E-state index contributed by atoms with van der Waals surface area (Å²) in [6, 6.07) is 0.444. The van der Waals surface area contributed by atoms with Gasteiger partial charge < -0.3 is 10.1 Å². The molecule has 0 amide bonds. The van der Waals surface area contributed by atoms with Crippen molar-refractivity contribution in [3.8, 4) is 0 Å². The number of nitrogens with one attached hydrogen (secondary N) is 1. The molecule has 0 bridgehead atoms. The van der Waals surface area contributed by atoms with Crippen LogP contribution < -0.4 is 5.32 Å². The molecule has 0 saturated heterocycles. The molecule has 0 spiro atoms. The van der Waals surface area contributed by atoms with Crippen molar-refractivity contribution < 1.29 is 4.74 Å². The van der Waals surface area contributed by atoms with Crippen molar-refractivity contribution in [2.75, 3.05) is 13.7 Å². The average molecular weight is 211 g/mol. The SMILES string of the molecule is COC(C)C(C)NCCC1=CCCCC1. The van der Waals surface area contributed by atoms with Crippen LogP contribution in [-0.2, 0) is 4.74 Å². The van der Waals surface area contributed by atoms with Crippen LogP contribution in [0.2, 0.25) is 0 Å². The summed E-state index contributed by atoms with van der Waals surface area (Å²) in [6.45, 7) is 5.38. The van der Waals surface area contributed by atoms with E-state index in [1.165, 1.54) is 32.1 Å². The van der Waals surface area contributed by atoms with Crippen molar-refractivity contribution in [1.29, 1.82) is 0 Å². The first-order chi connectivity index (χ1) is 7.24. The van der Waals surface area contributed by atoms with Gasteiger partial charge >= 0.3 is 0 Å². The van der Waals surface area contributed by atoms with Crippen molar-refractivity contribution >= 4 is 0 Å². The fourth-order valence-corrected chi connectivity index (χ4v) is 1.96. The molecule has 0 aliphatic heterocycles. The normalized spacial score (nSPS) is 20.9. The summed E-state index contributed by atoms with van der Waals surface area (Å²) in [5, 5.41) is 3.51. The maximum absolute atomic E-state index is 5.28. The third kappa shape index (κ3) is 4.80. The number of allylic oxidation sites excluding steroid dienone is 1. The Kier molecular flexibility index (Phi) is 5.96. The van der Waals surface area contributed by atoms with Crippen LogP contribution in [0.15, 0.2) is 11.6 Å². The minimum absolute atomic E-state index is 0.297. The van der Waals surface area contributed by atoms with E-state index >= 15 is 0 Å². The molecule has 2 nitrogen and oxygen atoms in total. The van der Waals surface area contributed by atoms with Crippen LogP contribution in [0, 0.1) is 0 Å². The third-order valence-electron chi connectivity index (χ3n) is 3.37. The van der Waals surface area contributed by atoms with E-state index in [1.54, 1.807) is 12.7 Å². The Bertz CT molecular complexity index is 201. The zero-order valence-corrected chi connectivity index (χ0v) is 10.4. The van der Waals surface area contributed by atoms with Gasteiger partial charge in [-0.05, 0) is 52.5 Å². The lowest BCUT2D eigenvalue weighted by Crippen LogP contribution is -2.37. The molecule has 15 heavy (non-hydrogen) atoms. The predicted octanol–water partition coefficient (Wildman–Crippen LogP) is 2.89. The van der Waals surface area contributed by atoms with Crippen LogP contribution in [0.4, 0.5) is 0 Å². The molecule has 0 radical (unpaired) electrons. The first-order valence-electron chi connectivity index (χ1n) is 6.18. The molecule has 2 heteroatoms. The van der Waals surface area contributed by atoms with Crippen LogP contribution in [0.5, 0.6) is 0 Å². The highest BCUT2D eigenvalue weighted by molar-refractivity contribution is 5.05. The Morgan fingerprint density at radius 3 is 2.80 bits per heavy atom. The summed E-state index contributed by atoms with van der Waals surface area (Å²) < 4.78 is 5.28. The van der Waals surface area contributed by atoms with E-state index in [1.807, 2.05) is 0 Å². The molecule has 0 aromatic carbocycles. The van der Waals surface area contributed by atoms with Crippen molar-refractivity contribution in [3.63, 3.8) is 0 Å². The van der Waals surface area contributed by atoms with E-state index in [4.69, 9.17) is 4.74 Å². The van der Waals surface area contributed by atoms with Crippen molar-refractivity contribution in [2.24, 2.45) is 0 Å². The van der Waals surface area contributed by atoms with Gasteiger partial charge in [-0.2, -0.15) is 0 Å². The Balaban J connectivity index is 2.12. The van der Waals surface area contributed by atoms with Gasteiger partial charge in [0.05, 0.1) is 6.10 Å². The standard InChI is InChI=1S/C13H25NO/c1-11(12(2)15-3)14-10-9-13-7-5-4-6-8-13/h7,11-12,14H,4-6,8-10H2,1-3H3. The van der Waals surface area contributed by atoms with Gasteiger partial charge in [0.25, 0.3) is 0 Å². The minimum atomic E-state index is 0.297. The van der Waals surface area contributed by atoms with E-state index in [2.05, 4.69) is 25.2 Å². The number of methoxy groups -OCH3 is 1. The lowest BCUT2D eigenvalue weighted by atomic mass is 9.97. The summed E-state index contributed by atoms with van der Waals surface area (Å²) in [7, 11) is 1.77. The first kappa shape index (κ1) is 12.7. The number of ether oxygens (including phenoxy) is 1. The Labute approximate surface area is 94.1 Å². The Morgan fingerprint density at radius 1 is 1.40 bits per heavy atom. The summed E-state index contributed by atoms with van der Waals surface area (Å²) in [4.78, 5) is 0. The highest BCUT2D eigenvalue weighted by Crippen LogP contribution is 2.19. The second kappa shape index (κ2) is 7.02. The molecule has 1 aliphatic rings. The summed E-state index contributed by atoms with van der Waals surface area (Å²) in [5.41, 5.74) is 1.64. The van der Waals surface area contributed by atoms with E-state index in [9.17, 15) is 0 Å². The molecular weight excluding hydrogens is 186 g/mol. The van der Waals surface area contributed by atoms with E-state index in [0.717, 1.165) is 6.54 Å². The molecule has 88 valence electrons. The largest absolute Gasteiger partial charge is 0.380 e. The lowest BCUT2D eigenvalue weighted by molar-refractivity contribution is 0.0890. The number of hydrogen-bond acceptors (Lipinski definition) is 2. The molecule has 0 fully saturated rings. The van der Waals surface area contributed by atoms with Gasteiger partial charge in [0, 0.05) is 13.2 Å². The minimum Gasteiger partial charge on any atom is -0.380 e. The van der Waals surface area contributed by atoms with Gasteiger partial charge in [-0.25, -0.2) is 0 Å². The highest BCUT2D eigenvalue weighted by atomic mass is 16.5. The van der Waals surface area contributed by atoms with Gasteiger partial charge in [-0.1, -0.05) is 11.6 Å². The molecule has 0 heterocycles. The maximum Gasteiger partial charge on any atom is 0.0693 e. The zero-order chi connectivity index (χ0) is 11.1. The zero-order valence-electron chi connectivity index (χ0n) is 10.4. The summed E-state index contributed by atoms with van der Waals surface area (Å²) >= 11 is 0. The highest BCUT2D eigenvalue weighted by Gasteiger charge is 2.10. The van der Waals surface area contributed by atoms with E-state index < -0.39 is 0 Å². The monoisotopic (exact) mass is 211 g/mol. The lowest BCUT2D eigenvalue weighted by Gasteiger charge is -2.20. The average Bonchev–Trinajstić information content (AvgIpc) is 2.29. The fourth-order valence-electron chi connectivity index (χ4n) is 1.96. The van der Waals surface area contributed by atoms with E-state index in [0.29, 0.717) is 12.1 Å². The molecule has 0 aromatic heterocycles. The predicted molar refractivity (Wildman–Crippen MR) is 65.1 cm³/mol. The molecule has 1 rings (SSSR count). The second-order valence-electron chi connectivity index (χ2n) is 4.54. The van der Waals surface area contributed by atoms with Crippen LogP contribution in [0.25, 0.3) is 0 Å². The van der Waals surface area contributed by atoms with Gasteiger partial charge in [-0.15, -0.1) is 0 Å². The van der Waals surface area contributed by atoms with Crippen LogP contribution in [-0.4, -0.2) is 25.8 Å². The summed E-state index contributed by atoms with van der Waals surface area (Å²) in [6.07, 6.45) is 9.31. The molecule has 1 N–H and O–H groups in total. The second-order valence-corrected chi connectivity index (χ2v) is 4.54. The Hall–Kier alpha value is -0.340. The smallest absolute Gasteiger partial charge is 0.0693 e. The quantitative estimate of drug-likeness (QED) is 0.682. The molecular formula is C13H25NO. The fraction of sp³-hybridized carbons (Fsp3) is 0.846. The van der Waals surface area contributed by atoms with E-state index in [-0.39, 0.29) is 0 Å². The first-order valence-corrected chi connectivity index (χ1v) is 6.18. The van der Waals surface area contributed by atoms with Crippen LogP contribution >= 0.6 is 0 Å². The summed E-state index contributed by atoms with van der Waals surface area (Å²) in [5.74, 6) is 0. The van der Waals surface area contributed by atoms with Gasteiger partial charge in [0.2, 0.25) is 0 Å². The molecule has 1 aliphatic carbocycles. The van der Waals surface area contributed by atoms with Crippen molar-refractivity contribution in [3.05, 3.63) is 11.6 Å². The van der Waals surface area contributed by atoms with Crippen molar-refractivity contribution in [1.82, 2.24) is 5.32 Å². The third-order valence-corrected chi connectivity index (χ3v) is 3.37. The molecule has 0 saturated carbocycles. The maximum atomic E-state index is 5.28. The number of hydrogen-bond donors (Lipinski definition) is 1. The van der Waals surface area contributed by atoms with Gasteiger partial charge in [-0.3, -0.25) is 0 Å². The molecule has 0 aromatic rings. The number of rotatable bonds is 6. The van der Waals surface area contributed by atoms with Gasteiger partial charge in [0.15, 0.2) is 0 Å². The molecule has 2 atom stereocenters.